The van der Waals surface area contributed by atoms with Crippen LogP contribution in [0.2, 0.25) is 0 Å². The second-order valence-electron chi connectivity index (χ2n) is 14.9. The van der Waals surface area contributed by atoms with E-state index in [1.165, 1.54) is 0 Å². The Bertz CT molecular complexity index is 3290. The summed E-state index contributed by atoms with van der Waals surface area (Å²) in [4.78, 5) is 25.6. The Kier molecular flexibility index (Phi) is 9.06. The lowest BCUT2D eigenvalue weighted by Crippen LogP contribution is -2.00. The zero-order valence-electron chi connectivity index (χ0n) is 33.0. The van der Waals surface area contributed by atoms with E-state index in [2.05, 4.69) is 150 Å². The molecule has 0 aliphatic heterocycles. The summed E-state index contributed by atoms with van der Waals surface area (Å²) in [5, 5.41) is 2.15. The highest BCUT2D eigenvalue weighted by molar-refractivity contribution is 6.14. The zero-order valence-corrected chi connectivity index (χ0v) is 33.0. The van der Waals surface area contributed by atoms with Crippen molar-refractivity contribution in [1.29, 1.82) is 0 Å². The molecular formula is C55H36N6. The first-order chi connectivity index (χ1) is 30.2. The minimum Gasteiger partial charge on any atom is -0.294 e. The van der Waals surface area contributed by atoms with Gasteiger partial charge in [-0.05, 0) is 58.7 Å². The van der Waals surface area contributed by atoms with Gasteiger partial charge in [-0.15, -0.1) is 0 Å². The number of hydrogen-bond donors (Lipinski definition) is 0. The minimum atomic E-state index is 0.622. The van der Waals surface area contributed by atoms with Crippen LogP contribution < -0.4 is 0 Å². The van der Waals surface area contributed by atoms with Crippen LogP contribution in [-0.2, 0) is 0 Å². The molecule has 286 valence electrons. The third-order valence-corrected chi connectivity index (χ3v) is 11.0. The molecule has 3 aromatic heterocycles. The number of fused-ring (bicyclic) bond motifs is 3. The van der Waals surface area contributed by atoms with E-state index in [0.29, 0.717) is 23.3 Å². The van der Waals surface area contributed by atoms with Crippen molar-refractivity contribution in [2.75, 3.05) is 0 Å². The Morgan fingerprint density at radius 3 is 1.18 bits per heavy atom. The second-order valence-corrected chi connectivity index (χ2v) is 14.9. The van der Waals surface area contributed by atoms with Gasteiger partial charge in [0.05, 0.1) is 16.6 Å². The van der Waals surface area contributed by atoms with Gasteiger partial charge < -0.3 is 0 Å². The normalized spacial score (nSPS) is 11.3. The van der Waals surface area contributed by atoms with Gasteiger partial charge in [0.1, 0.15) is 5.65 Å². The smallest absolute Gasteiger partial charge is 0.164 e. The molecule has 0 fully saturated rings. The number of aromatic nitrogens is 6. The van der Waals surface area contributed by atoms with Crippen LogP contribution in [-0.4, -0.2) is 29.5 Å². The summed E-state index contributed by atoms with van der Waals surface area (Å²) in [7, 11) is 0. The summed E-state index contributed by atoms with van der Waals surface area (Å²) < 4.78 is 2.26. The van der Waals surface area contributed by atoms with E-state index >= 15 is 0 Å². The van der Waals surface area contributed by atoms with Crippen molar-refractivity contribution in [2.45, 2.75) is 0 Å². The molecule has 0 atom stereocenters. The SMILES string of the molecule is c1ccc(-c2nc(-c3ccccc3)nc(-c3cccc(-c4cccc(-c5cccc(-c6nc(-c7ccccc7)c7c8ccccc8n(-c8ccccc8)c7n6)c5)c4)c3)n2)cc1. The predicted molar refractivity (Wildman–Crippen MR) is 248 cm³/mol. The fraction of sp³-hybridized carbons (Fsp3) is 0. The molecule has 11 aromatic rings. The predicted octanol–water partition coefficient (Wildman–Crippen LogP) is 13.4. The summed E-state index contributed by atoms with van der Waals surface area (Å²) in [6.07, 6.45) is 0. The zero-order chi connectivity index (χ0) is 40.5. The van der Waals surface area contributed by atoms with Crippen molar-refractivity contribution in [2.24, 2.45) is 0 Å². The molecule has 3 heterocycles. The Morgan fingerprint density at radius 2 is 0.656 bits per heavy atom. The number of benzene rings is 8. The van der Waals surface area contributed by atoms with Crippen molar-refractivity contribution < 1.29 is 0 Å². The monoisotopic (exact) mass is 780 g/mol. The van der Waals surface area contributed by atoms with Gasteiger partial charge in [-0.1, -0.05) is 182 Å². The standard InChI is InChI=1S/C55H36N6/c1-5-18-37(19-6-1)50-49-47-32-13-14-33-48(47)61(46-30-11-4-12-31-46)55(49)60-53(56-50)44-28-16-26-42(35-44)40-24-15-25-41(34-40)43-27-17-29-45(36-43)54-58-51(38-20-7-2-8-21-38)57-52(59-54)39-22-9-3-10-23-39/h1-36H. The summed E-state index contributed by atoms with van der Waals surface area (Å²) in [6, 6.07) is 75.1. The summed E-state index contributed by atoms with van der Waals surface area (Å²) >= 11 is 0. The van der Waals surface area contributed by atoms with Crippen LogP contribution in [0.4, 0.5) is 0 Å². The van der Waals surface area contributed by atoms with Gasteiger partial charge in [0.2, 0.25) is 0 Å². The lowest BCUT2D eigenvalue weighted by molar-refractivity contribution is 1.07. The maximum Gasteiger partial charge on any atom is 0.164 e. The molecule has 0 amide bonds. The number of para-hydroxylation sites is 2. The van der Waals surface area contributed by atoms with E-state index < -0.39 is 0 Å². The van der Waals surface area contributed by atoms with Gasteiger partial charge in [-0.25, -0.2) is 24.9 Å². The highest BCUT2D eigenvalue weighted by Crippen LogP contribution is 2.39. The number of hydrogen-bond acceptors (Lipinski definition) is 5. The van der Waals surface area contributed by atoms with E-state index in [4.69, 9.17) is 24.9 Å². The molecule has 0 spiro atoms. The van der Waals surface area contributed by atoms with E-state index in [9.17, 15) is 0 Å². The van der Waals surface area contributed by atoms with Crippen molar-refractivity contribution >= 4 is 21.9 Å². The van der Waals surface area contributed by atoms with Crippen molar-refractivity contribution in [1.82, 2.24) is 29.5 Å². The Balaban J connectivity index is 1.00. The van der Waals surface area contributed by atoms with Gasteiger partial charge in [-0.2, -0.15) is 0 Å². The highest BCUT2D eigenvalue weighted by Gasteiger charge is 2.21. The topological polar surface area (TPSA) is 69.4 Å². The largest absolute Gasteiger partial charge is 0.294 e. The molecule has 0 saturated carbocycles. The molecular weight excluding hydrogens is 745 g/mol. The molecule has 6 heteroatoms. The molecule has 61 heavy (non-hydrogen) atoms. The first-order valence-corrected chi connectivity index (χ1v) is 20.3. The fourth-order valence-corrected chi connectivity index (χ4v) is 8.12. The molecule has 0 radical (unpaired) electrons. The van der Waals surface area contributed by atoms with Crippen molar-refractivity contribution in [3.63, 3.8) is 0 Å². The maximum atomic E-state index is 5.37. The average molecular weight is 781 g/mol. The highest BCUT2D eigenvalue weighted by atomic mass is 15.1. The Morgan fingerprint density at radius 1 is 0.279 bits per heavy atom. The molecule has 8 aromatic carbocycles. The van der Waals surface area contributed by atoms with Crippen molar-refractivity contribution in [3.8, 4) is 84.7 Å². The van der Waals surface area contributed by atoms with Gasteiger partial charge >= 0.3 is 0 Å². The quantitative estimate of drug-likeness (QED) is 0.154. The van der Waals surface area contributed by atoms with Crippen LogP contribution in [0.3, 0.4) is 0 Å². The first-order valence-electron chi connectivity index (χ1n) is 20.3. The average Bonchev–Trinajstić information content (AvgIpc) is 3.69. The minimum absolute atomic E-state index is 0.622. The fourth-order valence-electron chi connectivity index (χ4n) is 8.12. The van der Waals surface area contributed by atoms with Crippen LogP contribution in [0.5, 0.6) is 0 Å². The molecule has 0 unspecified atom stereocenters. The van der Waals surface area contributed by atoms with E-state index in [-0.39, 0.29) is 0 Å². The van der Waals surface area contributed by atoms with Gasteiger partial charge in [-0.3, -0.25) is 4.57 Å². The maximum absolute atomic E-state index is 5.37. The van der Waals surface area contributed by atoms with Crippen LogP contribution in [0, 0.1) is 0 Å². The molecule has 11 rings (SSSR count). The lowest BCUT2D eigenvalue weighted by atomic mass is 9.97. The first kappa shape index (κ1) is 35.8. The van der Waals surface area contributed by atoms with Crippen molar-refractivity contribution in [3.05, 3.63) is 218 Å². The number of rotatable bonds is 8. The summed E-state index contributed by atoms with van der Waals surface area (Å²) in [5.41, 5.74) is 13.0. The molecule has 0 bridgehead atoms. The van der Waals surface area contributed by atoms with Crippen LogP contribution in [0.25, 0.3) is 107 Å². The number of nitrogens with zero attached hydrogens (tertiary/aromatic N) is 6. The summed E-state index contributed by atoms with van der Waals surface area (Å²) in [5.74, 6) is 2.56. The Labute approximate surface area is 353 Å². The van der Waals surface area contributed by atoms with E-state index in [0.717, 1.165) is 83.4 Å². The summed E-state index contributed by atoms with van der Waals surface area (Å²) in [6.45, 7) is 0. The molecule has 0 N–H and O–H groups in total. The molecule has 0 aliphatic rings. The Hall–Kier alpha value is -8.35. The van der Waals surface area contributed by atoms with Crippen LogP contribution >= 0.6 is 0 Å². The van der Waals surface area contributed by atoms with Gasteiger partial charge in [0.15, 0.2) is 23.3 Å². The lowest BCUT2D eigenvalue weighted by Gasteiger charge is -2.12. The van der Waals surface area contributed by atoms with Crippen LogP contribution in [0.15, 0.2) is 218 Å². The van der Waals surface area contributed by atoms with E-state index in [1.54, 1.807) is 0 Å². The van der Waals surface area contributed by atoms with Crippen LogP contribution in [0.1, 0.15) is 0 Å². The molecule has 0 aliphatic carbocycles. The van der Waals surface area contributed by atoms with E-state index in [1.807, 2.05) is 72.8 Å². The molecule has 6 nitrogen and oxygen atoms in total. The third kappa shape index (κ3) is 6.82. The van der Waals surface area contributed by atoms with Gasteiger partial charge in [0, 0.05) is 38.9 Å². The molecule has 0 saturated heterocycles. The second kappa shape index (κ2) is 15.4. The van der Waals surface area contributed by atoms with Gasteiger partial charge in [0.25, 0.3) is 0 Å². The third-order valence-electron chi connectivity index (χ3n) is 11.0.